The topological polar surface area (TPSA) is 0 Å². The highest BCUT2D eigenvalue weighted by molar-refractivity contribution is 7.04. The van der Waals surface area contributed by atoms with Gasteiger partial charge in [0.1, 0.15) is 0 Å². The van der Waals surface area contributed by atoms with Gasteiger partial charge in [0.05, 0.1) is 48.4 Å². The van der Waals surface area contributed by atoms with Crippen molar-refractivity contribution in [2.75, 3.05) is 0 Å². The lowest BCUT2D eigenvalue weighted by molar-refractivity contribution is -0.139. The van der Waals surface area contributed by atoms with Crippen LogP contribution in [-0.2, 0) is 0 Å². The maximum absolute atomic E-state index is 12.9. The molecule has 2 unspecified atom stereocenters. The first-order chi connectivity index (χ1) is 32.9. The Kier molecular flexibility index (Phi) is 33.8. The second kappa shape index (κ2) is 30.9. The molecule has 0 amide bonds. The Balaban J connectivity index is -0.000000461. The zero-order valence-electron chi connectivity index (χ0n) is 57.3. The summed E-state index contributed by atoms with van der Waals surface area (Å²) in [6, 6.07) is 7.49. The van der Waals surface area contributed by atoms with Crippen LogP contribution in [0.25, 0.3) is 0 Å². The predicted octanol–water partition coefficient (Wildman–Crippen LogP) is 24.3. The smallest absolute Gasteiger partial charge is 0.171 e. The van der Waals surface area contributed by atoms with Gasteiger partial charge in [-0.3, -0.25) is 0 Å². The lowest BCUT2D eigenvalue weighted by Gasteiger charge is -2.42. The normalized spacial score (nSPS) is 15.6. The van der Waals surface area contributed by atoms with E-state index < -0.39 is 109 Å². The van der Waals surface area contributed by atoms with Crippen molar-refractivity contribution in [2.24, 2.45) is 16.2 Å². The average molecular weight is 1260 g/mol. The van der Waals surface area contributed by atoms with Crippen molar-refractivity contribution >= 4 is 96.9 Å². The molecule has 0 aliphatic carbocycles. The van der Waals surface area contributed by atoms with Gasteiger partial charge in [0.25, 0.3) is 0 Å². The lowest BCUT2D eigenvalue weighted by Crippen LogP contribution is -2.44. The molecule has 0 aromatic rings. The number of hydrogen-bond acceptors (Lipinski definition) is 0. The van der Waals surface area contributed by atoms with E-state index in [0.29, 0.717) is 10.8 Å². The van der Waals surface area contributed by atoms with Crippen LogP contribution < -0.4 is 0 Å². The van der Waals surface area contributed by atoms with Crippen LogP contribution in [-0.4, -0.2) is 103 Å². The van der Waals surface area contributed by atoms with Crippen molar-refractivity contribution in [1.82, 2.24) is 0 Å². The molecule has 0 nitrogen and oxygen atoms in total. The van der Waals surface area contributed by atoms with Crippen molar-refractivity contribution in [1.29, 1.82) is 0 Å². The molecule has 0 N–H and O–H groups in total. The molecule has 0 aromatic carbocycles. The molecular formula is C61H137F3Si12. The molecule has 0 aliphatic heterocycles. The maximum atomic E-state index is 12.9. The summed E-state index contributed by atoms with van der Waals surface area (Å²) in [7, 11) is -14.5. The highest BCUT2D eigenvalue weighted by Crippen LogP contribution is 2.46. The third kappa shape index (κ3) is 45.1. The van der Waals surface area contributed by atoms with Gasteiger partial charge in [0, 0.05) is 54.9 Å². The minimum Gasteiger partial charge on any atom is -0.171 e. The average Bonchev–Trinajstić information content (AvgIpc) is 3.12. The standard InChI is InChI=1S/C18H37F3Si3.C16H36Si3.C15H36Si3.C12H28Si3/c1-10-22(4,5)14-17(3,12-13-18(19,20)21)15-24(8,9)16-23(6,7)11-2;1-11-17(5,6)13-16(3,4)14-19(9,10)15-18(7,8)12-2;1-11-15(2,12-16(3,4)5)13-18(9,10)14-17(6,7)8;1-9-13(3,4)11-15(7,8)12-14(5,6)10-2/h10-11H,1-2,12-16H2,3-9H3;11-12H,1-2,13-15H2,3-10H3;11H,1,12-14H2,2-10H3;9-10H,1-2,11-12H2,3-8H3. The van der Waals surface area contributed by atoms with Gasteiger partial charge in [0.15, 0.2) is 0 Å². The Morgan fingerprint density at radius 1 is 0.303 bits per heavy atom. The van der Waals surface area contributed by atoms with Crippen LogP contribution in [0.2, 0.25) is 235 Å². The van der Waals surface area contributed by atoms with Crippen LogP contribution in [0.15, 0.2) is 86.3 Å². The summed E-state index contributed by atoms with van der Waals surface area (Å²) in [5.74, 6) is 0. The van der Waals surface area contributed by atoms with Crippen molar-refractivity contribution in [2.45, 2.75) is 282 Å². The first kappa shape index (κ1) is 83.0. The molecule has 0 aromatic heterocycles. The van der Waals surface area contributed by atoms with E-state index in [1.54, 1.807) is 5.67 Å². The molecule has 0 heterocycles. The van der Waals surface area contributed by atoms with Gasteiger partial charge in [-0.05, 0) is 46.8 Å². The molecule has 0 saturated heterocycles. The van der Waals surface area contributed by atoms with Gasteiger partial charge >= 0.3 is 6.18 Å². The summed E-state index contributed by atoms with van der Waals surface area (Å²) < 4.78 is 38.6. The van der Waals surface area contributed by atoms with Gasteiger partial charge in [-0.25, -0.2) is 0 Å². The second-order valence-corrected chi connectivity index (χ2v) is 98.9. The van der Waals surface area contributed by atoms with Crippen molar-refractivity contribution in [3.05, 3.63) is 86.3 Å². The van der Waals surface area contributed by atoms with E-state index in [1.807, 2.05) is 5.70 Å². The number of hydrogen-bond donors (Lipinski definition) is 0. The lowest BCUT2D eigenvalue weighted by atomic mass is 9.89. The number of halogens is 3. The van der Waals surface area contributed by atoms with Crippen LogP contribution >= 0.6 is 0 Å². The minimum atomic E-state index is -4.07. The Bertz CT molecular complexity index is 1750. The summed E-state index contributed by atoms with van der Waals surface area (Å²) in [4.78, 5) is 0. The molecule has 15 heteroatoms. The summed E-state index contributed by atoms with van der Waals surface area (Å²) in [5, 5.41) is 0. The van der Waals surface area contributed by atoms with E-state index in [9.17, 15) is 13.2 Å². The Morgan fingerprint density at radius 3 is 0.868 bits per heavy atom. The SMILES string of the molecule is C=CC(C)(C[Si](C)(C)C)C[Si](C)(C)C[Si](C)(C)C.C=C[Si](C)(C)CC(C)(C)C[Si](C)(C)C[Si](C)(C)C=C.C=C[Si](C)(C)CC(C)(CCC(F)(F)F)C[Si](C)(C)C[Si](C)(C)C=C.C=C[Si](C)(C)C[Si](C)(C)C[Si](C)(C)C=C. The summed E-state index contributed by atoms with van der Waals surface area (Å²) in [5.41, 5.74) is 21.0. The zero-order valence-corrected chi connectivity index (χ0v) is 69.3. The highest BCUT2D eigenvalue weighted by Gasteiger charge is 2.43. The largest absolute Gasteiger partial charge is 0.389 e. The Labute approximate surface area is 490 Å². The molecule has 0 aliphatic rings. The molecule has 2 atom stereocenters. The third-order valence-electron chi connectivity index (χ3n) is 15.1. The summed E-state index contributed by atoms with van der Waals surface area (Å²) >= 11 is 0. The van der Waals surface area contributed by atoms with E-state index in [1.165, 1.54) is 46.8 Å². The highest BCUT2D eigenvalue weighted by atomic mass is 28.4. The zero-order chi connectivity index (χ0) is 62.1. The van der Waals surface area contributed by atoms with E-state index in [0.717, 1.165) is 12.1 Å². The van der Waals surface area contributed by atoms with Crippen LogP contribution in [0.4, 0.5) is 13.2 Å². The van der Waals surface area contributed by atoms with Gasteiger partial charge in [-0.1, -0.05) is 244 Å². The van der Waals surface area contributed by atoms with Gasteiger partial charge in [-0.15, -0.1) is 80.2 Å². The number of allylic oxidation sites excluding steroid dienone is 1. The molecule has 76 heavy (non-hydrogen) atoms. The molecule has 0 fully saturated rings. The second-order valence-electron chi connectivity index (χ2n) is 35.8. The van der Waals surface area contributed by atoms with Crippen LogP contribution in [0.1, 0.15) is 40.5 Å². The van der Waals surface area contributed by atoms with E-state index in [2.05, 4.69) is 279 Å². The van der Waals surface area contributed by atoms with Crippen LogP contribution in [0, 0.1) is 16.2 Å². The van der Waals surface area contributed by atoms with Crippen molar-refractivity contribution in [3.8, 4) is 0 Å². The fourth-order valence-electron chi connectivity index (χ4n) is 15.1. The van der Waals surface area contributed by atoms with E-state index in [4.69, 9.17) is 0 Å². The minimum absolute atomic E-state index is 0.235. The molecule has 450 valence electrons. The summed E-state index contributed by atoms with van der Waals surface area (Å²) in [6.07, 6.45) is -2.22. The fourth-order valence-corrected chi connectivity index (χ4v) is 88.1. The molecular weight excluding hydrogens is 1130 g/mol. The number of rotatable bonds is 31. The van der Waals surface area contributed by atoms with Crippen molar-refractivity contribution in [3.63, 3.8) is 0 Å². The first-order valence-electron chi connectivity index (χ1n) is 29.4. The molecule has 0 spiro atoms. The molecule has 0 radical (unpaired) electrons. The summed E-state index contributed by atoms with van der Waals surface area (Å²) in [6.45, 7) is 101. The van der Waals surface area contributed by atoms with Crippen LogP contribution in [0.5, 0.6) is 0 Å². The first-order valence-corrected chi connectivity index (χ1v) is 70.2. The van der Waals surface area contributed by atoms with E-state index >= 15 is 0 Å². The number of alkyl halides is 3. The Hall–Kier alpha value is 0.573. The van der Waals surface area contributed by atoms with Gasteiger partial charge < -0.3 is 0 Å². The quantitative estimate of drug-likeness (QED) is 0.0479. The van der Waals surface area contributed by atoms with Crippen LogP contribution in [0.3, 0.4) is 0 Å². The monoisotopic (exact) mass is 1260 g/mol. The van der Waals surface area contributed by atoms with E-state index in [-0.39, 0.29) is 11.8 Å². The Morgan fingerprint density at radius 2 is 0.592 bits per heavy atom. The molecule has 0 saturated carbocycles. The van der Waals surface area contributed by atoms with Crippen molar-refractivity contribution < 1.29 is 13.2 Å². The fraction of sp³-hybridized carbons (Fsp3) is 0.770. The predicted molar refractivity (Wildman–Crippen MR) is 391 cm³/mol. The molecule has 0 rings (SSSR count). The molecule has 0 bridgehead atoms. The van der Waals surface area contributed by atoms with Gasteiger partial charge in [0.2, 0.25) is 0 Å². The maximum Gasteiger partial charge on any atom is 0.389 e. The van der Waals surface area contributed by atoms with Gasteiger partial charge in [-0.2, -0.15) is 13.2 Å². The third-order valence-corrected chi connectivity index (χ3v) is 70.6.